The van der Waals surface area contributed by atoms with Crippen molar-refractivity contribution in [2.75, 3.05) is 5.32 Å². The van der Waals surface area contributed by atoms with Gasteiger partial charge in [0.15, 0.2) is 0 Å². The van der Waals surface area contributed by atoms with Gasteiger partial charge in [-0.1, -0.05) is 11.6 Å². The summed E-state index contributed by atoms with van der Waals surface area (Å²) in [5, 5.41) is 13.1. The Labute approximate surface area is 103 Å². The normalized spacial score (nSPS) is 12.0. The SMILES string of the molecule is Cc1cc([N+](=O)[O-])c(Cl)cc1NC(=O)[C@@H](C)N. The first-order valence-corrected chi connectivity index (χ1v) is 5.21. The van der Waals surface area contributed by atoms with Crippen molar-refractivity contribution in [1.82, 2.24) is 0 Å². The number of benzene rings is 1. The molecule has 0 bridgehead atoms. The van der Waals surface area contributed by atoms with Crippen molar-refractivity contribution in [2.45, 2.75) is 19.9 Å². The predicted octanol–water partition coefficient (Wildman–Crippen LogP) is 1.84. The summed E-state index contributed by atoms with van der Waals surface area (Å²) in [6.07, 6.45) is 0. The van der Waals surface area contributed by atoms with Gasteiger partial charge in [-0.15, -0.1) is 0 Å². The fourth-order valence-corrected chi connectivity index (χ4v) is 1.42. The van der Waals surface area contributed by atoms with Gasteiger partial charge < -0.3 is 11.1 Å². The van der Waals surface area contributed by atoms with E-state index in [2.05, 4.69) is 5.32 Å². The lowest BCUT2D eigenvalue weighted by atomic mass is 10.1. The maximum absolute atomic E-state index is 11.4. The molecule has 0 saturated heterocycles. The smallest absolute Gasteiger partial charge is 0.288 e. The van der Waals surface area contributed by atoms with Crippen molar-refractivity contribution in [1.29, 1.82) is 0 Å². The average Bonchev–Trinajstić information content (AvgIpc) is 2.22. The number of nitrogens with zero attached hydrogens (tertiary/aromatic N) is 1. The maximum Gasteiger partial charge on any atom is 0.288 e. The minimum atomic E-state index is -0.664. The Bertz CT molecular complexity index is 474. The Hall–Kier alpha value is -1.66. The molecule has 7 heteroatoms. The van der Waals surface area contributed by atoms with Gasteiger partial charge in [0.05, 0.1) is 11.0 Å². The fourth-order valence-electron chi connectivity index (χ4n) is 1.19. The van der Waals surface area contributed by atoms with E-state index >= 15 is 0 Å². The second kappa shape index (κ2) is 5.11. The summed E-state index contributed by atoms with van der Waals surface area (Å²) >= 11 is 5.74. The van der Waals surface area contributed by atoms with Gasteiger partial charge in [-0.3, -0.25) is 14.9 Å². The van der Waals surface area contributed by atoms with E-state index in [1.807, 2.05) is 0 Å². The molecule has 0 aromatic heterocycles. The highest BCUT2D eigenvalue weighted by Gasteiger charge is 2.16. The van der Waals surface area contributed by atoms with Crippen LogP contribution in [0.2, 0.25) is 5.02 Å². The number of carbonyl (C=O) groups is 1. The van der Waals surface area contributed by atoms with Crippen molar-refractivity contribution in [3.8, 4) is 0 Å². The molecule has 0 aliphatic rings. The zero-order valence-electron chi connectivity index (χ0n) is 9.36. The van der Waals surface area contributed by atoms with E-state index in [9.17, 15) is 14.9 Å². The quantitative estimate of drug-likeness (QED) is 0.638. The molecule has 0 spiro atoms. The Balaban J connectivity index is 3.08. The van der Waals surface area contributed by atoms with Gasteiger partial charge in [0.25, 0.3) is 5.69 Å². The Morgan fingerprint density at radius 3 is 2.65 bits per heavy atom. The molecular formula is C10H12ClN3O3. The third-order valence-corrected chi connectivity index (χ3v) is 2.46. The minimum absolute atomic E-state index is 0.0272. The number of amides is 1. The highest BCUT2D eigenvalue weighted by molar-refractivity contribution is 6.33. The first-order chi connectivity index (χ1) is 7.82. The van der Waals surface area contributed by atoms with Crippen LogP contribution in [0.1, 0.15) is 12.5 Å². The number of hydrogen-bond donors (Lipinski definition) is 2. The zero-order valence-corrected chi connectivity index (χ0v) is 10.1. The molecule has 92 valence electrons. The number of anilines is 1. The van der Waals surface area contributed by atoms with Gasteiger partial charge in [0.1, 0.15) is 5.02 Å². The maximum atomic E-state index is 11.4. The molecular weight excluding hydrogens is 246 g/mol. The van der Waals surface area contributed by atoms with Crippen LogP contribution in [-0.2, 0) is 4.79 Å². The van der Waals surface area contributed by atoms with E-state index in [0.717, 1.165) is 0 Å². The van der Waals surface area contributed by atoms with E-state index in [0.29, 0.717) is 11.3 Å². The minimum Gasteiger partial charge on any atom is -0.324 e. The molecule has 0 unspecified atom stereocenters. The number of nitrogens with two attached hydrogens (primary N) is 1. The fraction of sp³-hybridized carbons (Fsp3) is 0.300. The standard InChI is InChI=1S/C10H12ClN3O3/c1-5-3-9(14(16)17)7(11)4-8(5)13-10(15)6(2)12/h3-4,6H,12H2,1-2H3,(H,13,15)/t6-/m1/s1. The third kappa shape index (κ3) is 3.15. The number of nitro groups is 1. The zero-order chi connectivity index (χ0) is 13.2. The summed E-state index contributed by atoms with van der Waals surface area (Å²) in [6, 6.07) is 1.98. The molecule has 0 fully saturated rings. The Kier molecular flexibility index (Phi) is 4.03. The molecule has 0 radical (unpaired) electrons. The lowest BCUT2D eigenvalue weighted by Crippen LogP contribution is -2.32. The van der Waals surface area contributed by atoms with Crippen LogP contribution in [0.5, 0.6) is 0 Å². The van der Waals surface area contributed by atoms with Crippen LogP contribution in [0.3, 0.4) is 0 Å². The van der Waals surface area contributed by atoms with Crippen LogP contribution in [0.15, 0.2) is 12.1 Å². The van der Waals surface area contributed by atoms with E-state index in [1.54, 1.807) is 6.92 Å². The Morgan fingerprint density at radius 1 is 1.59 bits per heavy atom. The first kappa shape index (κ1) is 13.4. The summed E-state index contributed by atoms with van der Waals surface area (Å²) in [5.41, 5.74) is 6.18. The largest absolute Gasteiger partial charge is 0.324 e. The summed E-state index contributed by atoms with van der Waals surface area (Å²) in [7, 11) is 0. The molecule has 3 N–H and O–H groups in total. The number of rotatable bonds is 3. The molecule has 1 aromatic carbocycles. The van der Waals surface area contributed by atoms with Crippen molar-refractivity contribution < 1.29 is 9.72 Å². The lowest BCUT2D eigenvalue weighted by Gasteiger charge is -2.10. The van der Waals surface area contributed by atoms with E-state index in [4.69, 9.17) is 17.3 Å². The Morgan fingerprint density at radius 2 is 2.18 bits per heavy atom. The molecule has 0 saturated carbocycles. The molecule has 1 rings (SSSR count). The topological polar surface area (TPSA) is 98.3 Å². The molecule has 6 nitrogen and oxygen atoms in total. The van der Waals surface area contributed by atoms with Gasteiger partial charge in [0.2, 0.25) is 5.91 Å². The van der Waals surface area contributed by atoms with Crippen molar-refractivity contribution in [3.63, 3.8) is 0 Å². The molecule has 17 heavy (non-hydrogen) atoms. The molecule has 0 aliphatic carbocycles. The number of nitrogens with one attached hydrogen (secondary N) is 1. The highest BCUT2D eigenvalue weighted by atomic mass is 35.5. The summed E-state index contributed by atoms with van der Waals surface area (Å²) in [6.45, 7) is 3.18. The molecule has 1 atom stereocenters. The number of hydrogen-bond acceptors (Lipinski definition) is 4. The van der Waals surface area contributed by atoms with Crippen molar-refractivity contribution in [3.05, 3.63) is 32.8 Å². The summed E-state index contributed by atoms with van der Waals surface area (Å²) in [5.74, 6) is -0.377. The monoisotopic (exact) mass is 257 g/mol. The third-order valence-electron chi connectivity index (χ3n) is 2.16. The molecule has 1 aromatic rings. The lowest BCUT2D eigenvalue weighted by molar-refractivity contribution is -0.384. The predicted molar refractivity (Wildman–Crippen MR) is 65.1 cm³/mol. The first-order valence-electron chi connectivity index (χ1n) is 4.84. The van der Waals surface area contributed by atoms with Crippen LogP contribution in [-0.4, -0.2) is 16.9 Å². The average molecular weight is 258 g/mol. The number of nitro benzene ring substituents is 1. The van der Waals surface area contributed by atoms with Gasteiger partial charge in [-0.05, 0) is 25.5 Å². The van der Waals surface area contributed by atoms with Crippen LogP contribution in [0, 0.1) is 17.0 Å². The van der Waals surface area contributed by atoms with Gasteiger partial charge in [-0.2, -0.15) is 0 Å². The number of aryl methyl sites for hydroxylation is 1. The van der Waals surface area contributed by atoms with Crippen LogP contribution < -0.4 is 11.1 Å². The molecule has 0 aliphatic heterocycles. The molecule has 0 heterocycles. The van der Waals surface area contributed by atoms with E-state index in [-0.39, 0.29) is 16.6 Å². The summed E-state index contributed by atoms with van der Waals surface area (Å²) < 4.78 is 0. The van der Waals surface area contributed by atoms with Crippen molar-refractivity contribution in [2.24, 2.45) is 5.73 Å². The number of halogens is 1. The second-order valence-corrected chi connectivity index (χ2v) is 4.06. The van der Waals surface area contributed by atoms with Crippen LogP contribution in [0.4, 0.5) is 11.4 Å². The van der Waals surface area contributed by atoms with Gasteiger partial charge >= 0.3 is 0 Å². The van der Waals surface area contributed by atoms with Gasteiger partial charge in [0, 0.05) is 11.8 Å². The molecule has 1 amide bonds. The van der Waals surface area contributed by atoms with E-state index in [1.165, 1.54) is 19.1 Å². The summed E-state index contributed by atoms with van der Waals surface area (Å²) in [4.78, 5) is 21.4. The number of carbonyl (C=O) groups excluding carboxylic acids is 1. The highest BCUT2D eigenvalue weighted by Crippen LogP contribution is 2.30. The van der Waals surface area contributed by atoms with E-state index < -0.39 is 11.0 Å². The van der Waals surface area contributed by atoms with Crippen molar-refractivity contribution >= 4 is 28.9 Å². The second-order valence-electron chi connectivity index (χ2n) is 3.65. The van der Waals surface area contributed by atoms with Crippen LogP contribution >= 0.6 is 11.6 Å². The van der Waals surface area contributed by atoms with Gasteiger partial charge in [-0.25, -0.2) is 0 Å². The van der Waals surface area contributed by atoms with Crippen LogP contribution in [0.25, 0.3) is 0 Å².